The molecule has 2 atom stereocenters. The fourth-order valence-corrected chi connectivity index (χ4v) is 4.32. The largest absolute Gasteiger partial charge is 0.329 e. The summed E-state index contributed by atoms with van der Waals surface area (Å²) in [6.45, 7) is 6.43. The highest BCUT2D eigenvalue weighted by Crippen LogP contribution is 2.40. The molecular formula is C24H30Cl2N4O2. The van der Waals surface area contributed by atoms with Crippen LogP contribution >= 0.6 is 24.0 Å². The Labute approximate surface area is 200 Å². The SMILES string of the molecule is CC[C@@H](C)C(=O)Nc1ccc2c(n1)CN(C(C)C1CCC1)C(=O)N2c1cccc(Cl)c1.Cl. The van der Waals surface area contributed by atoms with E-state index in [-0.39, 0.29) is 36.3 Å². The summed E-state index contributed by atoms with van der Waals surface area (Å²) >= 11 is 6.23. The van der Waals surface area contributed by atoms with E-state index < -0.39 is 0 Å². The van der Waals surface area contributed by atoms with Crippen LogP contribution < -0.4 is 10.2 Å². The average Bonchev–Trinajstić information content (AvgIpc) is 2.71. The van der Waals surface area contributed by atoms with Crippen LogP contribution in [0, 0.1) is 11.8 Å². The highest BCUT2D eigenvalue weighted by molar-refractivity contribution is 6.31. The van der Waals surface area contributed by atoms with Crippen molar-refractivity contribution in [3.63, 3.8) is 0 Å². The Bertz CT molecular complexity index is 996. The number of urea groups is 1. The lowest BCUT2D eigenvalue weighted by Crippen LogP contribution is -2.52. The summed E-state index contributed by atoms with van der Waals surface area (Å²) in [5.74, 6) is 0.895. The van der Waals surface area contributed by atoms with Gasteiger partial charge in [-0.05, 0) is 62.4 Å². The van der Waals surface area contributed by atoms with E-state index >= 15 is 0 Å². The van der Waals surface area contributed by atoms with Crippen molar-refractivity contribution in [3.05, 3.63) is 47.1 Å². The molecule has 2 aliphatic rings. The Morgan fingerprint density at radius 1 is 1.25 bits per heavy atom. The predicted octanol–water partition coefficient (Wildman–Crippen LogP) is 6.40. The Morgan fingerprint density at radius 2 is 2.00 bits per heavy atom. The Balaban J connectivity index is 0.00000289. The van der Waals surface area contributed by atoms with Gasteiger partial charge >= 0.3 is 6.03 Å². The van der Waals surface area contributed by atoms with Crippen molar-refractivity contribution in [2.24, 2.45) is 11.8 Å². The van der Waals surface area contributed by atoms with E-state index in [1.54, 1.807) is 23.1 Å². The van der Waals surface area contributed by atoms with Gasteiger partial charge in [0.15, 0.2) is 0 Å². The molecule has 4 rings (SSSR count). The number of nitrogens with zero attached hydrogens (tertiary/aromatic N) is 3. The van der Waals surface area contributed by atoms with Crippen molar-refractivity contribution in [1.29, 1.82) is 0 Å². The molecule has 6 nitrogen and oxygen atoms in total. The summed E-state index contributed by atoms with van der Waals surface area (Å²) in [7, 11) is 0. The minimum Gasteiger partial charge on any atom is -0.315 e. The molecule has 0 saturated heterocycles. The van der Waals surface area contributed by atoms with Crippen molar-refractivity contribution in [1.82, 2.24) is 9.88 Å². The number of rotatable bonds is 6. The highest BCUT2D eigenvalue weighted by Gasteiger charge is 2.39. The normalized spacial score (nSPS) is 17.7. The topological polar surface area (TPSA) is 65.5 Å². The molecule has 1 saturated carbocycles. The fourth-order valence-electron chi connectivity index (χ4n) is 4.14. The smallest absolute Gasteiger partial charge is 0.315 e. The molecule has 0 bridgehead atoms. The van der Waals surface area contributed by atoms with E-state index in [9.17, 15) is 9.59 Å². The molecule has 0 spiro atoms. The summed E-state index contributed by atoms with van der Waals surface area (Å²) in [5, 5.41) is 3.48. The first-order valence-corrected chi connectivity index (χ1v) is 11.4. The summed E-state index contributed by atoms with van der Waals surface area (Å²) in [6.07, 6.45) is 4.27. The summed E-state index contributed by atoms with van der Waals surface area (Å²) in [5.41, 5.74) is 2.21. The van der Waals surface area contributed by atoms with Gasteiger partial charge in [0, 0.05) is 17.0 Å². The standard InChI is InChI=1S/C24H29ClN4O2.ClH/c1-4-15(2)23(30)27-22-12-11-21-20(26-22)14-28(16(3)17-7-5-8-17)24(31)29(21)19-10-6-9-18(25)13-19;/h6,9-13,15-17H,4-5,7-8,14H2,1-3H3,(H,26,27,30);1H/t15-,16?;/m1./s1. The van der Waals surface area contributed by atoms with Crippen LogP contribution in [-0.2, 0) is 11.3 Å². The maximum atomic E-state index is 13.6. The number of fused-ring (bicyclic) bond motifs is 1. The van der Waals surface area contributed by atoms with Crippen molar-refractivity contribution in [3.8, 4) is 0 Å². The predicted molar refractivity (Wildman–Crippen MR) is 131 cm³/mol. The molecule has 1 fully saturated rings. The van der Waals surface area contributed by atoms with E-state index in [0.717, 1.165) is 30.6 Å². The van der Waals surface area contributed by atoms with E-state index in [4.69, 9.17) is 16.6 Å². The lowest BCUT2D eigenvalue weighted by molar-refractivity contribution is -0.119. The minimum absolute atomic E-state index is 0. The van der Waals surface area contributed by atoms with Gasteiger partial charge in [0.05, 0.1) is 23.6 Å². The van der Waals surface area contributed by atoms with Gasteiger partial charge in [-0.25, -0.2) is 9.78 Å². The summed E-state index contributed by atoms with van der Waals surface area (Å²) in [4.78, 5) is 34.3. The molecular weight excluding hydrogens is 447 g/mol. The molecule has 1 unspecified atom stereocenters. The number of anilines is 3. The van der Waals surface area contributed by atoms with E-state index in [0.29, 0.717) is 29.0 Å². The van der Waals surface area contributed by atoms with Gasteiger partial charge in [-0.1, -0.05) is 37.9 Å². The first-order valence-electron chi connectivity index (χ1n) is 11.1. The first kappa shape index (κ1) is 24.3. The van der Waals surface area contributed by atoms with Crippen molar-refractivity contribution >= 4 is 53.1 Å². The third-order valence-electron chi connectivity index (χ3n) is 6.65. The minimum atomic E-state index is -0.0856. The quantitative estimate of drug-likeness (QED) is 0.523. The molecule has 32 heavy (non-hydrogen) atoms. The number of hydrogen-bond acceptors (Lipinski definition) is 3. The van der Waals surface area contributed by atoms with E-state index in [1.807, 2.05) is 36.9 Å². The molecule has 1 aliphatic heterocycles. The van der Waals surface area contributed by atoms with Crippen molar-refractivity contribution in [2.75, 3.05) is 10.2 Å². The summed E-state index contributed by atoms with van der Waals surface area (Å²) < 4.78 is 0. The average molecular weight is 477 g/mol. The molecule has 3 amide bonds. The Morgan fingerprint density at radius 3 is 2.62 bits per heavy atom. The number of amides is 3. The third kappa shape index (κ3) is 4.71. The number of hydrogen-bond donors (Lipinski definition) is 1. The Hall–Kier alpha value is -2.31. The maximum Gasteiger partial charge on any atom is 0.329 e. The van der Waals surface area contributed by atoms with Gasteiger partial charge in [-0.2, -0.15) is 0 Å². The summed E-state index contributed by atoms with van der Waals surface area (Å²) in [6, 6.07) is 11.0. The number of carbonyl (C=O) groups is 2. The number of carbonyl (C=O) groups excluding carboxylic acids is 2. The molecule has 1 aliphatic carbocycles. The second-order valence-electron chi connectivity index (χ2n) is 8.62. The van der Waals surface area contributed by atoms with Gasteiger partial charge in [0.1, 0.15) is 5.82 Å². The monoisotopic (exact) mass is 476 g/mol. The number of nitrogens with one attached hydrogen (secondary N) is 1. The zero-order chi connectivity index (χ0) is 22.1. The molecule has 1 N–H and O–H groups in total. The number of halogens is 2. The Kier molecular flexibility index (Phi) is 7.67. The van der Waals surface area contributed by atoms with Crippen LogP contribution in [0.2, 0.25) is 5.02 Å². The van der Waals surface area contributed by atoms with Gasteiger partial charge in [-0.3, -0.25) is 9.69 Å². The van der Waals surface area contributed by atoms with E-state index in [2.05, 4.69) is 12.2 Å². The zero-order valence-corrected chi connectivity index (χ0v) is 20.2. The highest BCUT2D eigenvalue weighted by atomic mass is 35.5. The number of aromatic nitrogens is 1. The molecule has 8 heteroatoms. The van der Waals surface area contributed by atoms with Crippen LogP contribution in [-0.4, -0.2) is 27.9 Å². The van der Waals surface area contributed by atoms with Crippen LogP contribution in [0.1, 0.15) is 52.1 Å². The fraction of sp³-hybridized carbons (Fsp3) is 0.458. The zero-order valence-electron chi connectivity index (χ0n) is 18.7. The maximum absolute atomic E-state index is 13.6. The lowest BCUT2D eigenvalue weighted by Gasteiger charge is -2.44. The van der Waals surface area contributed by atoms with Crippen LogP contribution in [0.15, 0.2) is 36.4 Å². The molecule has 2 heterocycles. The molecule has 2 aromatic rings. The van der Waals surface area contributed by atoms with Gasteiger partial charge < -0.3 is 10.2 Å². The number of pyridine rings is 1. The van der Waals surface area contributed by atoms with Crippen molar-refractivity contribution in [2.45, 2.75) is 59.0 Å². The first-order chi connectivity index (χ1) is 14.9. The van der Waals surface area contributed by atoms with Gasteiger partial charge in [-0.15, -0.1) is 12.4 Å². The molecule has 1 aromatic carbocycles. The van der Waals surface area contributed by atoms with Crippen LogP contribution in [0.4, 0.5) is 22.0 Å². The molecule has 172 valence electrons. The molecule has 1 aromatic heterocycles. The van der Waals surface area contributed by atoms with E-state index in [1.165, 1.54) is 6.42 Å². The third-order valence-corrected chi connectivity index (χ3v) is 6.88. The second kappa shape index (κ2) is 10.1. The van der Waals surface area contributed by atoms with Crippen molar-refractivity contribution < 1.29 is 9.59 Å². The molecule has 0 radical (unpaired) electrons. The van der Waals surface area contributed by atoms with Crippen LogP contribution in [0.25, 0.3) is 0 Å². The van der Waals surface area contributed by atoms with Gasteiger partial charge in [0.2, 0.25) is 5.91 Å². The number of benzene rings is 1. The lowest BCUT2D eigenvalue weighted by atomic mass is 9.79. The van der Waals surface area contributed by atoms with Crippen LogP contribution in [0.5, 0.6) is 0 Å². The van der Waals surface area contributed by atoms with Gasteiger partial charge in [0.25, 0.3) is 0 Å². The second-order valence-corrected chi connectivity index (χ2v) is 9.05. The van der Waals surface area contributed by atoms with Crippen LogP contribution in [0.3, 0.4) is 0 Å².